The Morgan fingerprint density at radius 1 is 1.11 bits per heavy atom. The number of nitrogens with zero attached hydrogens (tertiary/aromatic N) is 3. The van der Waals surface area contributed by atoms with E-state index in [1.165, 1.54) is 22.7 Å². The summed E-state index contributed by atoms with van der Waals surface area (Å²) in [6.45, 7) is 1.13. The summed E-state index contributed by atoms with van der Waals surface area (Å²) in [4.78, 5) is 27.7. The Labute approximate surface area is 161 Å². The van der Waals surface area contributed by atoms with Crippen molar-refractivity contribution < 1.29 is 9.59 Å². The van der Waals surface area contributed by atoms with Crippen LogP contribution < -0.4 is 0 Å². The van der Waals surface area contributed by atoms with Crippen LogP contribution in [0.3, 0.4) is 0 Å². The summed E-state index contributed by atoms with van der Waals surface area (Å²) in [5, 5.41) is 2.33. The van der Waals surface area contributed by atoms with Crippen molar-refractivity contribution in [3.8, 4) is 0 Å². The molecule has 0 spiro atoms. The van der Waals surface area contributed by atoms with Crippen LogP contribution in [0.15, 0.2) is 36.5 Å². The first-order valence-electron chi connectivity index (χ1n) is 9.37. The fourth-order valence-corrected chi connectivity index (χ4v) is 4.89. The topological polar surface area (TPSA) is 63.2 Å². The van der Waals surface area contributed by atoms with Gasteiger partial charge in [0, 0.05) is 24.6 Å². The van der Waals surface area contributed by atoms with Crippen molar-refractivity contribution in [1.29, 1.82) is 0 Å². The van der Waals surface area contributed by atoms with E-state index in [0.29, 0.717) is 18.8 Å². The minimum atomic E-state index is -0.159. The maximum atomic E-state index is 13.3. The molecule has 27 heavy (non-hydrogen) atoms. The number of hydrogen-bond acceptors (Lipinski definition) is 5. The minimum Gasteiger partial charge on any atom is -0.336 e. The van der Waals surface area contributed by atoms with E-state index in [2.05, 4.69) is 33.0 Å². The van der Waals surface area contributed by atoms with Crippen molar-refractivity contribution in [1.82, 2.24) is 13.6 Å². The van der Waals surface area contributed by atoms with Gasteiger partial charge in [0.05, 0.1) is 17.9 Å². The highest BCUT2D eigenvalue weighted by atomic mass is 32.1. The van der Waals surface area contributed by atoms with Crippen molar-refractivity contribution in [3.63, 3.8) is 0 Å². The number of carbonyl (C=O) groups excluding carboxylic acids is 2. The van der Waals surface area contributed by atoms with Crippen molar-refractivity contribution in [2.24, 2.45) is 5.92 Å². The van der Waals surface area contributed by atoms with Crippen LogP contribution in [0.1, 0.15) is 44.8 Å². The number of hydrogen-bond donors (Lipinski definition) is 0. The number of benzene rings is 2. The fourth-order valence-electron chi connectivity index (χ4n) is 4.48. The van der Waals surface area contributed by atoms with Crippen LogP contribution >= 0.6 is 11.7 Å². The second-order valence-electron chi connectivity index (χ2n) is 7.36. The molecule has 1 amide bonds. The first-order valence-corrected chi connectivity index (χ1v) is 10.1. The molecule has 1 fully saturated rings. The van der Waals surface area contributed by atoms with Crippen molar-refractivity contribution in [2.75, 3.05) is 13.1 Å². The molecule has 1 aliphatic heterocycles. The first kappa shape index (κ1) is 16.6. The number of aryl methyl sites for hydroxylation is 2. The monoisotopic (exact) mass is 377 g/mol. The molecule has 2 aliphatic rings. The standard InChI is InChI=1S/C21H19N3O2S/c25-20(15-4-2-10-24(12-15)21(26)18-11-22-27-23-18)17-9-8-14-7-6-13-3-1-5-16(17)19(13)14/h1,3,5,8-9,11,15H,2,4,6-7,10,12H2/t15-/m1/s1. The molecule has 0 unspecified atom stereocenters. The summed E-state index contributed by atoms with van der Waals surface area (Å²) in [6, 6.07) is 10.4. The third kappa shape index (κ3) is 2.75. The molecule has 1 aromatic heterocycles. The lowest BCUT2D eigenvalue weighted by molar-refractivity contribution is 0.0633. The minimum absolute atomic E-state index is 0.123. The predicted octanol–water partition coefficient (Wildman–Crippen LogP) is 3.53. The Morgan fingerprint density at radius 3 is 2.78 bits per heavy atom. The SMILES string of the molecule is O=C(c1ccc2c3c(cccc13)CC2)[C@@H]1CCCN(C(=O)c2cnsn2)C1. The zero-order valence-electron chi connectivity index (χ0n) is 14.9. The van der Waals surface area contributed by atoms with E-state index in [4.69, 9.17) is 0 Å². The lowest BCUT2D eigenvalue weighted by atomic mass is 9.87. The Morgan fingerprint density at radius 2 is 1.96 bits per heavy atom. The lowest BCUT2D eigenvalue weighted by Gasteiger charge is -2.31. The van der Waals surface area contributed by atoms with Crippen LogP contribution in [0.4, 0.5) is 0 Å². The maximum absolute atomic E-state index is 13.3. The van der Waals surface area contributed by atoms with E-state index in [1.54, 1.807) is 4.90 Å². The molecular weight excluding hydrogens is 358 g/mol. The van der Waals surface area contributed by atoms with Gasteiger partial charge in [0.1, 0.15) is 0 Å². The van der Waals surface area contributed by atoms with Gasteiger partial charge in [-0.1, -0.05) is 30.3 Å². The van der Waals surface area contributed by atoms with E-state index < -0.39 is 0 Å². The molecule has 1 aliphatic carbocycles. The van der Waals surface area contributed by atoms with E-state index in [1.807, 2.05) is 6.07 Å². The molecule has 0 radical (unpaired) electrons. The summed E-state index contributed by atoms with van der Waals surface area (Å²) >= 11 is 1.03. The molecule has 1 saturated heterocycles. The van der Waals surface area contributed by atoms with Gasteiger partial charge in [0.2, 0.25) is 0 Å². The van der Waals surface area contributed by atoms with Crippen LogP contribution in [0, 0.1) is 5.92 Å². The second kappa shape index (κ2) is 6.53. The van der Waals surface area contributed by atoms with Crippen LogP contribution in [-0.4, -0.2) is 38.4 Å². The number of Topliss-reactive ketones (excluding diaryl/α,β-unsaturated/α-hetero) is 1. The number of piperidine rings is 1. The highest BCUT2D eigenvalue weighted by Gasteiger charge is 2.31. The third-order valence-electron chi connectivity index (χ3n) is 5.80. The number of aromatic nitrogens is 2. The average molecular weight is 377 g/mol. The van der Waals surface area contributed by atoms with E-state index in [-0.39, 0.29) is 17.6 Å². The largest absolute Gasteiger partial charge is 0.336 e. The van der Waals surface area contributed by atoms with Gasteiger partial charge in [-0.2, -0.15) is 8.75 Å². The van der Waals surface area contributed by atoms with Gasteiger partial charge in [-0.15, -0.1) is 0 Å². The van der Waals surface area contributed by atoms with Gasteiger partial charge >= 0.3 is 0 Å². The van der Waals surface area contributed by atoms with Gasteiger partial charge in [-0.05, 0) is 47.6 Å². The van der Waals surface area contributed by atoms with Crippen LogP contribution in [0.5, 0.6) is 0 Å². The zero-order valence-corrected chi connectivity index (χ0v) is 15.7. The fraction of sp³-hybridized carbons (Fsp3) is 0.333. The number of ketones is 1. The quantitative estimate of drug-likeness (QED) is 0.655. The second-order valence-corrected chi connectivity index (χ2v) is 7.92. The highest BCUT2D eigenvalue weighted by molar-refractivity contribution is 6.99. The average Bonchev–Trinajstić information content (AvgIpc) is 3.39. The number of amides is 1. The molecule has 0 N–H and O–H groups in total. The van der Waals surface area contributed by atoms with Gasteiger partial charge in [0.25, 0.3) is 5.91 Å². The summed E-state index contributed by atoms with van der Waals surface area (Å²) < 4.78 is 7.95. The summed E-state index contributed by atoms with van der Waals surface area (Å²) in [5.74, 6) is -0.131. The van der Waals surface area contributed by atoms with E-state index >= 15 is 0 Å². The Kier molecular flexibility index (Phi) is 4.01. The molecular formula is C21H19N3O2S. The molecule has 136 valence electrons. The zero-order chi connectivity index (χ0) is 18.4. The first-order chi connectivity index (χ1) is 13.2. The lowest BCUT2D eigenvalue weighted by Crippen LogP contribution is -2.42. The molecule has 6 heteroatoms. The Bertz CT molecular complexity index is 1030. The molecule has 0 bridgehead atoms. The maximum Gasteiger partial charge on any atom is 0.275 e. The molecule has 1 atom stereocenters. The van der Waals surface area contributed by atoms with Gasteiger partial charge in [-0.25, -0.2) is 0 Å². The Balaban J connectivity index is 1.45. The van der Waals surface area contributed by atoms with E-state index in [9.17, 15) is 9.59 Å². The normalized spacial score (nSPS) is 18.8. The summed E-state index contributed by atoms with van der Waals surface area (Å²) in [6.07, 6.45) is 5.26. The van der Waals surface area contributed by atoms with Crippen LogP contribution in [0.2, 0.25) is 0 Å². The van der Waals surface area contributed by atoms with Crippen LogP contribution in [-0.2, 0) is 12.8 Å². The van der Waals surface area contributed by atoms with Crippen LogP contribution in [0.25, 0.3) is 10.8 Å². The molecule has 2 aromatic carbocycles. The number of likely N-dealkylation sites (tertiary alicyclic amines) is 1. The number of rotatable bonds is 3. The number of carbonyl (C=O) groups is 2. The van der Waals surface area contributed by atoms with E-state index in [0.717, 1.165) is 48.4 Å². The smallest absolute Gasteiger partial charge is 0.275 e. The van der Waals surface area contributed by atoms with Crippen molar-refractivity contribution >= 4 is 34.2 Å². The molecule has 5 nitrogen and oxygen atoms in total. The molecule has 5 rings (SSSR count). The summed E-state index contributed by atoms with van der Waals surface area (Å²) in [7, 11) is 0. The highest BCUT2D eigenvalue weighted by Crippen LogP contribution is 2.34. The third-order valence-corrected chi connectivity index (χ3v) is 6.28. The van der Waals surface area contributed by atoms with Crippen molar-refractivity contribution in [2.45, 2.75) is 25.7 Å². The predicted molar refractivity (Wildman–Crippen MR) is 104 cm³/mol. The van der Waals surface area contributed by atoms with Gasteiger partial charge < -0.3 is 4.90 Å². The molecule has 0 saturated carbocycles. The van der Waals surface area contributed by atoms with Gasteiger partial charge in [-0.3, -0.25) is 9.59 Å². The van der Waals surface area contributed by atoms with Gasteiger partial charge in [0.15, 0.2) is 11.5 Å². The van der Waals surface area contributed by atoms with Crippen molar-refractivity contribution in [3.05, 3.63) is 58.9 Å². The summed E-state index contributed by atoms with van der Waals surface area (Å²) in [5.41, 5.74) is 3.85. The molecule has 3 aromatic rings. The molecule has 2 heterocycles. The Hall–Kier alpha value is -2.60.